The molecule has 0 saturated heterocycles. The molecule has 0 heterocycles. The minimum atomic E-state index is -0.501. The zero-order chi connectivity index (χ0) is 35.2. The highest BCUT2D eigenvalue weighted by Crippen LogP contribution is 2.27. The number of carbonyl (C=O) groups is 2. The van der Waals surface area contributed by atoms with Gasteiger partial charge in [0.05, 0.1) is 19.1 Å². The molecule has 46 heavy (non-hydrogen) atoms. The van der Waals surface area contributed by atoms with E-state index in [1.54, 1.807) is 0 Å². The molecule has 0 fully saturated rings. The van der Waals surface area contributed by atoms with Crippen LogP contribution in [0.1, 0.15) is 112 Å². The van der Waals surface area contributed by atoms with E-state index in [1.807, 2.05) is 6.08 Å². The van der Waals surface area contributed by atoms with Crippen molar-refractivity contribution < 1.29 is 29.3 Å². The van der Waals surface area contributed by atoms with E-state index in [1.165, 1.54) is 34.3 Å². The molecule has 0 aromatic carbocycles. The fourth-order valence-electron chi connectivity index (χ4n) is 4.29. The van der Waals surface area contributed by atoms with Gasteiger partial charge in [-0.3, -0.25) is 4.79 Å². The highest BCUT2D eigenvalue weighted by atomic mass is 16.5. The van der Waals surface area contributed by atoms with Crippen LogP contribution in [0, 0.1) is 5.92 Å². The molecule has 6 heteroatoms. The molecule has 0 amide bonds. The maximum Gasteiger partial charge on any atom is 0.330 e. The standard InChI is InChI=1S/C20H32O3.C15H24.C5H8O3/c1-16(2)6-4-7-17(3)8-5-9-18-10-12-19(13-11-18)20(22)23-15-14-21;1-6-14(4)10-8-12-15(5)11-7-9-13(2)3;1-2-5(7)8-4-3-6/h6,8,10,19,21H,4-5,7,9,11-15H2,1-3H3;6,9,12H,1,4,7-8,10-11H2,2-3,5H3;2,6H,1,3-4H2/b17-8+;15-12+;. The van der Waals surface area contributed by atoms with Crippen LogP contribution in [-0.4, -0.2) is 48.6 Å². The Bertz CT molecular complexity index is 1050. The molecule has 1 atom stereocenters. The van der Waals surface area contributed by atoms with Gasteiger partial charge in [-0.15, -0.1) is 0 Å². The molecule has 0 aliphatic heterocycles. The summed E-state index contributed by atoms with van der Waals surface area (Å²) in [4.78, 5) is 21.9. The molecule has 0 saturated carbocycles. The van der Waals surface area contributed by atoms with Crippen LogP contribution < -0.4 is 0 Å². The van der Waals surface area contributed by atoms with Crippen LogP contribution in [0.15, 0.2) is 95.7 Å². The molecule has 0 aromatic rings. The van der Waals surface area contributed by atoms with Crippen LogP contribution in [-0.2, 0) is 19.1 Å². The average Bonchev–Trinajstić information content (AvgIpc) is 3.02. The van der Waals surface area contributed by atoms with Gasteiger partial charge in [-0.25, -0.2) is 4.79 Å². The first-order valence-electron chi connectivity index (χ1n) is 16.6. The molecule has 0 bridgehead atoms. The Morgan fingerprint density at radius 1 is 0.783 bits per heavy atom. The normalized spacial score (nSPS) is 14.2. The molecule has 0 spiro atoms. The Morgan fingerprint density at radius 2 is 1.30 bits per heavy atom. The molecular formula is C40H64O6. The van der Waals surface area contributed by atoms with Gasteiger partial charge in [-0.05, 0) is 112 Å². The fraction of sp³-hybridized carbons (Fsp3) is 0.550. The second-order valence-electron chi connectivity index (χ2n) is 12.0. The first kappa shape index (κ1) is 44.9. The van der Waals surface area contributed by atoms with E-state index >= 15 is 0 Å². The summed E-state index contributed by atoms with van der Waals surface area (Å²) in [7, 11) is 0. The number of ether oxygens (including phenoxy) is 2. The van der Waals surface area contributed by atoms with E-state index < -0.39 is 5.97 Å². The van der Waals surface area contributed by atoms with Crippen molar-refractivity contribution in [1.29, 1.82) is 0 Å². The zero-order valence-corrected chi connectivity index (χ0v) is 29.9. The van der Waals surface area contributed by atoms with E-state index in [4.69, 9.17) is 14.9 Å². The van der Waals surface area contributed by atoms with E-state index in [9.17, 15) is 9.59 Å². The minimum Gasteiger partial charge on any atom is -0.463 e. The van der Waals surface area contributed by atoms with Crippen molar-refractivity contribution in [2.24, 2.45) is 5.92 Å². The Kier molecular flexibility index (Phi) is 29.7. The molecule has 260 valence electrons. The summed E-state index contributed by atoms with van der Waals surface area (Å²) in [5, 5.41) is 16.8. The molecule has 1 aliphatic rings. The Hall–Kier alpha value is -3.22. The highest BCUT2D eigenvalue weighted by molar-refractivity contribution is 5.81. The number of esters is 2. The van der Waals surface area contributed by atoms with Gasteiger partial charge in [-0.2, -0.15) is 0 Å². The maximum atomic E-state index is 11.7. The third-order valence-corrected chi connectivity index (χ3v) is 7.06. The van der Waals surface area contributed by atoms with E-state index in [0.29, 0.717) is 0 Å². The summed E-state index contributed by atoms with van der Waals surface area (Å²) in [6.45, 7) is 23.7. The largest absolute Gasteiger partial charge is 0.463 e. The average molecular weight is 641 g/mol. The molecular weight excluding hydrogens is 576 g/mol. The van der Waals surface area contributed by atoms with Crippen molar-refractivity contribution >= 4 is 11.9 Å². The summed E-state index contributed by atoms with van der Waals surface area (Å²) in [6, 6.07) is 0. The minimum absolute atomic E-state index is 0.0216. The topological polar surface area (TPSA) is 93.1 Å². The van der Waals surface area contributed by atoms with Gasteiger partial charge in [0.2, 0.25) is 0 Å². The number of carbonyl (C=O) groups excluding carboxylic acids is 2. The second-order valence-corrected chi connectivity index (χ2v) is 12.0. The van der Waals surface area contributed by atoms with Crippen molar-refractivity contribution in [3.63, 3.8) is 0 Å². The molecule has 1 rings (SSSR count). The lowest BCUT2D eigenvalue weighted by Gasteiger charge is -2.20. The van der Waals surface area contributed by atoms with Gasteiger partial charge >= 0.3 is 11.9 Å². The second kappa shape index (κ2) is 30.4. The van der Waals surface area contributed by atoms with E-state index in [-0.39, 0.29) is 38.3 Å². The van der Waals surface area contributed by atoms with Crippen molar-refractivity contribution in [2.45, 2.75) is 112 Å². The molecule has 0 radical (unpaired) electrons. The van der Waals surface area contributed by atoms with Gasteiger partial charge in [-0.1, -0.05) is 89.6 Å². The lowest BCUT2D eigenvalue weighted by molar-refractivity contribution is -0.149. The number of rotatable bonds is 19. The predicted octanol–water partition coefficient (Wildman–Crippen LogP) is 9.63. The van der Waals surface area contributed by atoms with Crippen molar-refractivity contribution in [2.75, 3.05) is 26.4 Å². The molecule has 2 N–H and O–H groups in total. The third kappa shape index (κ3) is 29.5. The van der Waals surface area contributed by atoms with Crippen LogP contribution in [0.5, 0.6) is 0 Å². The SMILES string of the molecule is C=CC(=C)CC/C=C(\C)CCC=C(C)C.C=CC(=O)OCCO.CC(C)=CCC/C(C)=C/CCC1=CCC(C(=O)OCCO)CC1. The van der Waals surface area contributed by atoms with Gasteiger partial charge in [0.15, 0.2) is 0 Å². The lowest BCUT2D eigenvalue weighted by atomic mass is 9.87. The summed E-state index contributed by atoms with van der Waals surface area (Å²) in [6.07, 6.45) is 25.9. The van der Waals surface area contributed by atoms with E-state index in [2.05, 4.69) is 96.4 Å². The van der Waals surface area contributed by atoms with Crippen LogP contribution in [0.3, 0.4) is 0 Å². The van der Waals surface area contributed by atoms with Crippen molar-refractivity contribution in [3.05, 3.63) is 95.7 Å². The first-order chi connectivity index (χ1) is 21.9. The molecule has 6 nitrogen and oxygen atoms in total. The molecule has 1 unspecified atom stereocenters. The maximum absolute atomic E-state index is 11.7. The smallest absolute Gasteiger partial charge is 0.330 e. The third-order valence-electron chi connectivity index (χ3n) is 7.06. The summed E-state index contributed by atoms with van der Waals surface area (Å²) in [5.41, 5.74) is 8.32. The van der Waals surface area contributed by atoms with Crippen LogP contribution in [0.4, 0.5) is 0 Å². The van der Waals surface area contributed by atoms with Gasteiger partial charge in [0, 0.05) is 6.08 Å². The number of hydrogen-bond acceptors (Lipinski definition) is 6. The zero-order valence-electron chi connectivity index (χ0n) is 29.9. The van der Waals surface area contributed by atoms with Crippen molar-refractivity contribution in [3.8, 4) is 0 Å². The number of hydrogen-bond donors (Lipinski definition) is 2. The van der Waals surface area contributed by atoms with E-state index in [0.717, 1.165) is 75.9 Å². The predicted molar refractivity (Wildman–Crippen MR) is 194 cm³/mol. The van der Waals surface area contributed by atoms with Crippen molar-refractivity contribution in [1.82, 2.24) is 0 Å². The van der Waals surface area contributed by atoms with Crippen LogP contribution >= 0.6 is 0 Å². The van der Waals surface area contributed by atoms with Crippen LogP contribution in [0.25, 0.3) is 0 Å². The quantitative estimate of drug-likeness (QED) is 0.0632. The number of aliphatic hydroxyl groups excluding tert-OH is 2. The Labute approximate surface area is 281 Å². The molecule has 0 aromatic heterocycles. The monoisotopic (exact) mass is 640 g/mol. The Morgan fingerprint density at radius 3 is 1.76 bits per heavy atom. The summed E-state index contributed by atoms with van der Waals surface area (Å²) >= 11 is 0. The first-order valence-corrected chi connectivity index (χ1v) is 16.6. The van der Waals surface area contributed by atoms with Gasteiger partial charge in [0.25, 0.3) is 0 Å². The number of allylic oxidation sites excluding steroid dienone is 12. The molecule has 1 aliphatic carbocycles. The lowest BCUT2D eigenvalue weighted by Crippen LogP contribution is -2.21. The summed E-state index contributed by atoms with van der Waals surface area (Å²) < 4.78 is 9.33. The number of aliphatic hydroxyl groups is 2. The van der Waals surface area contributed by atoms with Gasteiger partial charge < -0.3 is 19.7 Å². The summed E-state index contributed by atoms with van der Waals surface area (Å²) in [5.74, 6) is -0.685. The highest BCUT2D eigenvalue weighted by Gasteiger charge is 2.22. The van der Waals surface area contributed by atoms with Gasteiger partial charge in [0.1, 0.15) is 13.2 Å². The fourth-order valence-corrected chi connectivity index (χ4v) is 4.29. The Balaban J connectivity index is 0. The van der Waals surface area contributed by atoms with Crippen LogP contribution in [0.2, 0.25) is 0 Å².